The van der Waals surface area contributed by atoms with Gasteiger partial charge in [0.1, 0.15) is 0 Å². The van der Waals surface area contributed by atoms with Crippen LogP contribution in [-0.2, 0) is 0 Å². The van der Waals surface area contributed by atoms with E-state index in [4.69, 9.17) is 0 Å². The Morgan fingerprint density at radius 2 is 1.34 bits per heavy atom. The van der Waals surface area contributed by atoms with Crippen molar-refractivity contribution in [1.29, 1.82) is 0 Å². The minimum Gasteiger partial charge on any atom is -0.302 e. The first-order chi connectivity index (χ1) is 15.7. The summed E-state index contributed by atoms with van der Waals surface area (Å²) in [5.41, 5.74) is 8.43. The van der Waals surface area contributed by atoms with Crippen molar-refractivity contribution in [3.63, 3.8) is 0 Å². The van der Waals surface area contributed by atoms with Crippen LogP contribution in [0.5, 0.6) is 0 Å². The van der Waals surface area contributed by atoms with E-state index in [0.29, 0.717) is 5.92 Å². The van der Waals surface area contributed by atoms with Crippen LogP contribution in [0, 0.1) is 0 Å². The maximum atomic E-state index is 2.61. The van der Waals surface area contributed by atoms with E-state index in [1.54, 1.807) is 5.57 Å². The van der Waals surface area contributed by atoms with Crippen LogP contribution in [0.4, 0.5) is 0 Å². The van der Waals surface area contributed by atoms with Gasteiger partial charge in [0, 0.05) is 19.6 Å². The number of rotatable bonds is 7. The standard InChI is InChI=1S/C31H35N/c1-25(2)27-18-16-26(17-19-27)11-9-10-22-32-23-20-30(21-24-32)31(28-12-5-3-6-13-28)29-14-7-4-8-15-29/h3-9,11-19,25H,10,20-24H2,1-2H3. The molecule has 3 aromatic rings. The first-order valence-corrected chi connectivity index (χ1v) is 12.0. The molecule has 0 N–H and O–H groups in total. The van der Waals surface area contributed by atoms with E-state index in [0.717, 1.165) is 38.9 Å². The van der Waals surface area contributed by atoms with E-state index in [1.807, 2.05) is 0 Å². The van der Waals surface area contributed by atoms with E-state index in [2.05, 4.69) is 116 Å². The molecule has 1 fully saturated rings. The predicted molar refractivity (Wildman–Crippen MR) is 139 cm³/mol. The molecule has 1 nitrogen and oxygen atoms in total. The lowest BCUT2D eigenvalue weighted by molar-refractivity contribution is 0.262. The lowest BCUT2D eigenvalue weighted by atomic mass is 9.88. The Morgan fingerprint density at radius 3 is 1.88 bits per heavy atom. The minimum atomic E-state index is 0.593. The molecule has 1 saturated heterocycles. The predicted octanol–water partition coefficient (Wildman–Crippen LogP) is 7.81. The molecule has 1 aliphatic rings. The van der Waals surface area contributed by atoms with E-state index in [1.165, 1.54) is 27.8 Å². The van der Waals surface area contributed by atoms with Crippen LogP contribution in [0.15, 0.2) is 96.6 Å². The summed E-state index contributed by atoms with van der Waals surface area (Å²) < 4.78 is 0. The fourth-order valence-corrected chi connectivity index (χ4v) is 4.55. The molecule has 0 saturated carbocycles. The van der Waals surface area contributed by atoms with Gasteiger partial charge < -0.3 is 4.90 Å². The second kappa shape index (κ2) is 11.1. The molecule has 0 aromatic heterocycles. The summed E-state index contributed by atoms with van der Waals surface area (Å²) in [5, 5.41) is 0. The molecule has 1 heterocycles. The van der Waals surface area contributed by atoms with Crippen LogP contribution in [0.3, 0.4) is 0 Å². The van der Waals surface area contributed by atoms with Gasteiger partial charge in [-0.3, -0.25) is 0 Å². The van der Waals surface area contributed by atoms with Crippen molar-refractivity contribution in [3.05, 3.63) is 119 Å². The lowest BCUT2D eigenvalue weighted by Gasteiger charge is -2.30. The molecule has 0 amide bonds. The van der Waals surface area contributed by atoms with Gasteiger partial charge in [-0.05, 0) is 53.0 Å². The molecule has 0 bridgehead atoms. The molecule has 1 aliphatic heterocycles. The Balaban J connectivity index is 1.35. The van der Waals surface area contributed by atoms with E-state index < -0.39 is 0 Å². The van der Waals surface area contributed by atoms with Crippen LogP contribution in [0.25, 0.3) is 11.6 Å². The van der Waals surface area contributed by atoms with Crippen LogP contribution in [0.2, 0.25) is 0 Å². The highest BCUT2D eigenvalue weighted by Gasteiger charge is 2.18. The van der Waals surface area contributed by atoms with Crippen molar-refractivity contribution in [1.82, 2.24) is 4.90 Å². The molecule has 0 atom stereocenters. The number of nitrogens with zero attached hydrogens (tertiary/aromatic N) is 1. The molecular weight excluding hydrogens is 386 g/mol. The van der Waals surface area contributed by atoms with Gasteiger partial charge in [-0.1, -0.05) is 117 Å². The molecule has 3 aromatic carbocycles. The third-order valence-electron chi connectivity index (χ3n) is 6.46. The maximum Gasteiger partial charge on any atom is 0.00192 e. The quantitative estimate of drug-likeness (QED) is 0.376. The number of likely N-dealkylation sites (tertiary alicyclic amines) is 1. The normalized spacial score (nSPS) is 14.9. The summed E-state index contributed by atoms with van der Waals surface area (Å²) >= 11 is 0. The zero-order valence-electron chi connectivity index (χ0n) is 19.5. The molecule has 164 valence electrons. The number of benzene rings is 3. The fraction of sp³-hybridized carbons (Fsp3) is 0.290. The fourth-order valence-electron chi connectivity index (χ4n) is 4.55. The van der Waals surface area contributed by atoms with Crippen LogP contribution < -0.4 is 0 Å². The van der Waals surface area contributed by atoms with Crippen molar-refractivity contribution in [2.45, 2.75) is 39.0 Å². The summed E-state index contributed by atoms with van der Waals surface area (Å²) in [5.74, 6) is 0.593. The van der Waals surface area contributed by atoms with Gasteiger partial charge in [0.05, 0.1) is 0 Å². The van der Waals surface area contributed by atoms with Crippen molar-refractivity contribution < 1.29 is 0 Å². The Morgan fingerprint density at radius 1 is 0.781 bits per heavy atom. The largest absolute Gasteiger partial charge is 0.302 e. The van der Waals surface area contributed by atoms with Crippen molar-refractivity contribution >= 4 is 11.6 Å². The number of hydrogen-bond acceptors (Lipinski definition) is 1. The number of hydrogen-bond donors (Lipinski definition) is 0. The summed E-state index contributed by atoms with van der Waals surface area (Å²) in [6, 6.07) is 30.8. The topological polar surface area (TPSA) is 3.24 Å². The summed E-state index contributed by atoms with van der Waals surface area (Å²) in [7, 11) is 0. The van der Waals surface area contributed by atoms with Crippen molar-refractivity contribution in [3.8, 4) is 0 Å². The van der Waals surface area contributed by atoms with Gasteiger partial charge in [-0.15, -0.1) is 0 Å². The van der Waals surface area contributed by atoms with Gasteiger partial charge in [0.2, 0.25) is 0 Å². The molecule has 0 unspecified atom stereocenters. The van der Waals surface area contributed by atoms with Gasteiger partial charge in [0.25, 0.3) is 0 Å². The van der Waals surface area contributed by atoms with Crippen LogP contribution in [0.1, 0.15) is 61.3 Å². The van der Waals surface area contributed by atoms with Gasteiger partial charge in [-0.2, -0.15) is 0 Å². The summed E-state index contributed by atoms with van der Waals surface area (Å²) in [4.78, 5) is 2.61. The second-order valence-corrected chi connectivity index (χ2v) is 9.06. The average molecular weight is 422 g/mol. The Bertz CT molecular complexity index is 975. The van der Waals surface area contributed by atoms with E-state index in [9.17, 15) is 0 Å². The van der Waals surface area contributed by atoms with Gasteiger partial charge in [0.15, 0.2) is 0 Å². The van der Waals surface area contributed by atoms with Crippen LogP contribution >= 0.6 is 0 Å². The molecule has 4 rings (SSSR count). The Kier molecular flexibility index (Phi) is 7.74. The first kappa shape index (κ1) is 22.3. The zero-order chi connectivity index (χ0) is 22.2. The monoisotopic (exact) mass is 421 g/mol. The van der Waals surface area contributed by atoms with Gasteiger partial charge in [-0.25, -0.2) is 0 Å². The second-order valence-electron chi connectivity index (χ2n) is 9.06. The summed E-state index contributed by atoms with van der Waals surface area (Å²) in [6.07, 6.45) is 8.01. The van der Waals surface area contributed by atoms with Crippen LogP contribution in [-0.4, -0.2) is 24.5 Å². The highest BCUT2D eigenvalue weighted by atomic mass is 15.1. The molecular formula is C31H35N. The molecule has 0 radical (unpaired) electrons. The lowest BCUT2D eigenvalue weighted by Crippen LogP contribution is -2.31. The van der Waals surface area contributed by atoms with Gasteiger partial charge >= 0.3 is 0 Å². The third-order valence-corrected chi connectivity index (χ3v) is 6.46. The van der Waals surface area contributed by atoms with Crippen molar-refractivity contribution in [2.75, 3.05) is 19.6 Å². The highest BCUT2D eigenvalue weighted by Crippen LogP contribution is 2.32. The number of piperidine rings is 1. The smallest absolute Gasteiger partial charge is 0.00192 e. The molecule has 1 heteroatoms. The first-order valence-electron chi connectivity index (χ1n) is 12.0. The Labute approximate surface area is 194 Å². The van der Waals surface area contributed by atoms with Crippen molar-refractivity contribution in [2.24, 2.45) is 0 Å². The average Bonchev–Trinajstić information content (AvgIpc) is 2.84. The Hall–Kier alpha value is -2.90. The SMILES string of the molecule is CC(C)c1ccc(C=CCCN2CCC(=C(c3ccccc3)c3ccccc3)CC2)cc1. The van der Waals surface area contributed by atoms with E-state index >= 15 is 0 Å². The van der Waals surface area contributed by atoms with E-state index in [-0.39, 0.29) is 0 Å². The molecule has 32 heavy (non-hydrogen) atoms. The molecule has 0 aliphatic carbocycles. The minimum absolute atomic E-state index is 0.593. The maximum absolute atomic E-state index is 2.61. The summed E-state index contributed by atoms with van der Waals surface area (Å²) in [6.45, 7) is 7.92. The molecule has 0 spiro atoms. The highest BCUT2D eigenvalue weighted by molar-refractivity contribution is 5.82. The third kappa shape index (κ3) is 5.87. The zero-order valence-corrected chi connectivity index (χ0v) is 19.5.